The molecule has 12 heteroatoms. The number of ether oxygens (including phenoxy) is 3. The number of rotatable bonds is 14. The van der Waals surface area contributed by atoms with E-state index in [-0.39, 0.29) is 18.2 Å². The summed E-state index contributed by atoms with van der Waals surface area (Å²) in [4.78, 5) is 54.8. The predicted molar refractivity (Wildman–Crippen MR) is 153 cm³/mol. The van der Waals surface area contributed by atoms with E-state index in [1.165, 1.54) is 14.0 Å². The third-order valence-corrected chi connectivity index (χ3v) is 8.37. The summed E-state index contributed by atoms with van der Waals surface area (Å²) >= 11 is 0. The Morgan fingerprint density at radius 2 is 1.69 bits per heavy atom. The molecular weight excluding hydrogens is 544 g/mol. The number of aliphatic hydroxyl groups excluding tert-OH is 1. The minimum atomic E-state index is -1.44. The van der Waals surface area contributed by atoms with E-state index in [0.29, 0.717) is 56.6 Å². The summed E-state index contributed by atoms with van der Waals surface area (Å²) in [5.41, 5.74) is -0.570. The van der Waals surface area contributed by atoms with Crippen LogP contribution in [0.15, 0.2) is 24.3 Å². The van der Waals surface area contributed by atoms with Crippen molar-refractivity contribution in [2.75, 3.05) is 46.6 Å². The zero-order chi connectivity index (χ0) is 30.3. The number of carbonyl (C=O) groups is 4. The number of Topliss-reactive ketones (excluding diaryl/α,β-unsaturated/α-hetero) is 1. The molecule has 1 aromatic carbocycles. The predicted octanol–water partition coefficient (Wildman–Crippen LogP) is 0.473. The Morgan fingerprint density at radius 3 is 2.29 bits per heavy atom. The van der Waals surface area contributed by atoms with Crippen molar-refractivity contribution in [2.24, 2.45) is 5.92 Å². The van der Waals surface area contributed by atoms with E-state index in [9.17, 15) is 24.3 Å². The summed E-state index contributed by atoms with van der Waals surface area (Å²) in [6.07, 6.45) is 3.15. The highest BCUT2D eigenvalue weighted by atomic mass is 16.6. The lowest BCUT2D eigenvalue weighted by Gasteiger charge is -2.29. The molecule has 5 atom stereocenters. The molecule has 1 saturated carbocycles. The molecule has 1 aromatic rings. The van der Waals surface area contributed by atoms with Gasteiger partial charge < -0.3 is 35.3 Å². The van der Waals surface area contributed by atoms with Gasteiger partial charge in [0, 0.05) is 13.1 Å². The maximum Gasteiger partial charge on any atom is 0.246 e. The van der Waals surface area contributed by atoms with Gasteiger partial charge in [0.2, 0.25) is 17.7 Å². The molecule has 0 spiro atoms. The Labute approximate surface area is 246 Å². The van der Waals surface area contributed by atoms with E-state index in [1.807, 2.05) is 4.90 Å². The molecule has 0 aromatic heterocycles. The number of carbonyl (C=O) groups excluding carboxylic acids is 4. The lowest BCUT2D eigenvalue weighted by atomic mass is 9.90. The number of nitrogens with one attached hydrogen (secondary N) is 3. The van der Waals surface area contributed by atoms with E-state index in [0.717, 1.165) is 25.7 Å². The number of morpholine rings is 1. The van der Waals surface area contributed by atoms with Crippen LogP contribution in [0.2, 0.25) is 0 Å². The maximum atomic E-state index is 13.8. The third kappa shape index (κ3) is 8.50. The fourth-order valence-corrected chi connectivity index (χ4v) is 5.57. The molecule has 3 fully saturated rings. The van der Waals surface area contributed by atoms with Gasteiger partial charge in [-0.05, 0) is 43.9 Å². The summed E-state index contributed by atoms with van der Waals surface area (Å²) < 4.78 is 15.9. The summed E-state index contributed by atoms with van der Waals surface area (Å²) in [5, 5.41) is 19.4. The van der Waals surface area contributed by atoms with Crippen LogP contribution < -0.4 is 20.7 Å². The van der Waals surface area contributed by atoms with Crippen molar-refractivity contribution in [1.82, 2.24) is 20.9 Å². The van der Waals surface area contributed by atoms with Gasteiger partial charge in [-0.3, -0.25) is 24.1 Å². The zero-order valence-electron chi connectivity index (χ0n) is 24.7. The van der Waals surface area contributed by atoms with Crippen LogP contribution in [0.25, 0.3) is 0 Å². The Hall–Kier alpha value is -3.06. The van der Waals surface area contributed by atoms with Crippen LogP contribution in [0, 0.1) is 5.92 Å². The Bertz CT molecular complexity index is 1100. The highest BCUT2D eigenvalue weighted by molar-refractivity contribution is 5.98. The van der Waals surface area contributed by atoms with Crippen LogP contribution in [0.5, 0.6) is 5.75 Å². The molecule has 4 rings (SSSR count). The Balaban J connectivity index is 1.47. The standard InChI is InChI=1S/C30H44N4O8/c1-19(31-24(35)17-34-12-14-41-15-13-34)28(38)33-25(26(36)21-8-10-22(40-3)11-9-21)29(39)32-23(16-20-6-4-5-7-20)27(37)30(2)18-42-30/h8-11,19-20,23,25-26,36H,4-7,12-18H2,1-3H3,(H,31,35)(H,32,39)(H,33,38)/t19-,23-,25-,26+,30+/m0/s1. The van der Waals surface area contributed by atoms with Gasteiger partial charge >= 0.3 is 0 Å². The van der Waals surface area contributed by atoms with Crippen molar-refractivity contribution < 1.29 is 38.5 Å². The van der Waals surface area contributed by atoms with Gasteiger partial charge in [-0.2, -0.15) is 0 Å². The number of hydrogen-bond donors (Lipinski definition) is 4. The average molecular weight is 589 g/mol. The fraction of sp³-hybridized carbons (Fsp3) is 0.667. The van der Waals surface area contributed by atoms with Crippen LogP contribution in [0.1, 0.15) is 57.6 Å². The van der Waals surface area contributed by atoms with Crippen molar-refractivity contribution in [3.05, 3.63) is 29.8 Å². The van der Waals surface area contributed by atoms with E-state index in [2.05, 4.69) is 16.0 Å². The SMILES string of the molecule is COc1ccc([C@@H](O)[C@H](NC(=O)[C@H](C)NC(=O)CN2CCOCC2)C(=O)N[C@@H](CC2CCCC2)C(=O)[C@@]2(C)CO2)cc1. The maximum absolute atomic E-state index is 13.8. The van der Waals surface area contributed by atoms with Gasteiger partial charge in [0.05, 0.1) is 39.5 Å². The summed E-state index contributed by atoms with van der Waals surface area (Å²) in [5.74, 6) is -1.03. The number of methoxy groups -OCH3 is 1. The lowest BCUT2D eigenvalue weighted by Crippen LogP contribution is -2.58. The first-order chi connectivity index (χ1) is 20.1. The minimum Gasteiger partial charge on any atom is -0.497 e. The van der Waals surface area contributed by atoms with Crippen molar-refractivity contribution in [3.8, 4) is 5.75 Å². The molecule has 3 aliphatic rings. The van der Waals surface area contributed by atoms with Crippen molar-refractivity contribution in [1.29, 1.82) is 0 Å². The summed E-state index contributed by atoms with van der Waals surface area (Å²) in [7, 11) is 1.52. The first-order valence-corrected chi connectivity index (χ1v) is 14.8. The molecule has 0 unspecified atom stereocenters. The van der Waals surface area contributed by atoms with Gasteiger partial charge in [0.15, 0.2) is 5.78 Å². The second-order valence-corrected chi connectivity index (χ2v) is 11.7. The van der Waals surface area contributed by atoms with Crippen LogP contribution in [0.4, 0.5) is 0 Å². The van der Waals surface area contributed by atoms with Crippen LogP contribution in [-0.4, -0.2) is 104 Å². The molecular formula is C30H44N4O8. The van der Waals surface area contributed by atoms with E-state index >= 15 is 0 Å². The van der Waals surface area contributed by atoms with Crippen LogP contribution in [0.3, 0.4) is 0 Å². The largest absolute Gasteiger partial charge is 0.497 e. The van der Waals surface area contributed by atoms with E-state index in [4.69, 9.17) is 14.2 Å². The molecule has 2 heterocycles. The van der Waals surface area contributed by atoms with Crippen molar-refractivity contribution >= 4 is 23.5 Å². The summed E-state index contributed by atoms with van der Waals surface area (Å²) in [6.45, 7) is 5.95. The molecule has 42 heavy (non-hydrogen) atoms. The van der Waals surface area contributed by atoms with Gasteiger partial charge in [-0.25, -0.2) is 0 Å². The minimum absolute atomic E-state index is 0.116. The zero-order valence-corrected chi connectivity index (χ0v) is 24.7. The van der Waals surface area contributed by atoms with Gasteiger partial charge in [0.25, 0.3) is 0 Å². The number of nitrogens with zero attached hydrogens (tertiary/aromatic N) is 1. The van der Waals surface area contributed by atoms with Gasteiger partial charge in [-0.1, -0.05) is 37.8 Å². The third-order valence-electron chi connectivity index (χ3n) is 8.37. The normalized spacial score (nSPS) is 23.7. The molecule has 0 radical (unpaired) electrons. The number of ketones is 1. The second-order valence-electron chi connectivity index (χ2n) is 11.7. The Kier molecular flexibility index (Phi) is 10.9. The number of amides is 3. The smallest absolute Gasteiger partial charge is 0.246 e. The number of benzene rings is 1. The average Bonchev–Trinajstić information content (AvgIpc) is 3.53. The molecule has 2 aliphatic heterocycles. The van der Waals surface area contributed by atoms with E-state index in [1.54, 1.807) is 31.2 Å². The lowest BCUT2D eigenvalue weighted by molar-refractivity contribution is -0.136. The van der Waals surface area contributed by atoms with Crippen molar-refractivity contribution in [2.45, 2.75) is 75.8 Å². The number of epoxide rings is 1. The number of hydrogen-bond acceptors (Lipinski definition) is 9. The highest BCUT2D eigenvalue weighted by Gasteiger charge is 2.50. The molecule has 1 aliphatic carbocycles. The summed E-state index contributed by atoms with van der Waals surface area (Å²) in [6, 6.07) is 3.25. The number of aliphatic hydroxyl groups is 1. The Morgan fingerprint density at radius 1 is 1.05 bits per heavy atom. The molecule has 3 amide bonds. The monoisotopic (exact) mass is 588 g/mol. The van der Waals surface area contributed by atoms with Crippen LogP contribution >= 0.6 is 0 Å². The van der Waals surface area contributed by atoms with Crippen LogP contribution in [-0.2, 0) is 28.7 Å². The van der Waals surface area contributed by atoms with Gasteiger partial charge in [-0.15, -0.1) is 0 Å². The quantitative estimate of drug-likeness (QED) is 0.227. The first kappa shape index (κ1) is 31.9. The molecule has 2 saturated heterocycles. The molecule has 12 nitrogen and oxygen atoms in total. The molecule has 0 bridgehead atoms. The fourth-order valence-electron chi connectivity index (χ4n) is 5.57. The molecule has 232 valence electrons. The molecule has 4 N–H and O–H groups in total. The topological polar surface area (TPSA) is 159 Å². The second kappa shape index (κ2) is 14.4. The first-order valence-electron chi connectivity index (χ1n) is 14.8. The highest BCUT2D eigenvalue weighted by Crippen LogP contribution is 2.33. The van der Waals surface area contributed by atoms with Gasteiger partial charge in [0.1, 0.15) is 29.5 Å². The van der Waals surface area contributed by atoms with E-state index < -0.39 is 41.6 Å². The van der Waals surface area contributed by atoms with Crippen molar-refractivity contribution in [3.63, 3.8) is 0 Å².